The molecule has 3 rings (SSSR count). The zero-order valence-electron chi connectivity index (χ0n) is 13.6. The van der Waals surface area contributed by atoms with Gasteiger partial charge in [0.2, 0.25) is 0 Å². The monoisotopic (exact) mass is 341 g/mol. The van der Waals surface area contributed by atoms with Crippen molar-refractivity contribution in [3.8, 4) is 11.4 Å². The summed E-state index contributed by atoms with van der Waals surface area (Å²) in [5, 5.41) is 10.6. The summed E-state index contributed by atoms with van der Waals surface area (Å²) in [5.41, 5.74) is 4.08. The van der Waals surface area contributed by atoms with E-state index < -0.39 is 5.97 Å². The third-order valence-corrected chi connectivity index (χ3v) is 3.94. The number of carbonyl (C=O) groups is 2. The first-order chi connectivity index (χ1) is 12.1. The van der Waals surface area contributed by atoms with Crippen molar-refractivity contribution in [1.82, 2.24) is 25.3 Å². The molecule has 1 aromatic carbocycles. The number of nitrogens with one attached hydrogen (secondary N) is 1. The second kappa shape index (κ2) is 7.82. The average molecular weight is 341 g/mol. The van der Waals surface area contributed by atoms with Gasteiger partial charge in [-0.25, -0.2) is 15.0 Å². The highest BCUT2D eigenvalue weighted by molar-refractivity contribution is 5.93. The maximum Gasteiger partial charge on any atom is 0.317 e. The van der Waals surface area contributed by atoms with E-state index in [-0.39, 0.29) is 12.5 Å². The minimum Gasteiger partial charge on any atom is -0.480 e. The van der Waals surface area contributed by atoms with Gasteiger partial charge < -0.3 is 5.11 Å². The van der Waals surface area contributed by atoms with Crippen LogP contribution in [0.3, 0.4) is 0 Å². The maximum absolute atomic E-state index is 12.3. The van der Waals surface area contributed by atoms with Gasteiger partial charge in [0.15, 0.2) is 5.82 Å². The van der Waals surface area contributed by atoms with E-state index in [4.69, 9.17) is 5.11 Å². The van der Waals surface area contributed by atoms with Crippen LogP contribution in [0.15, 0.2) is 42.7 Å². The van der Waals surface area contributed by atoms with Crippen LogP contribution in [0.5, 0.6) is 0 Å². The molecular weight excluding hydrogens is 322 g/mol. The Morgan fingerprint density at radius 1 is 1.04 bits per heavy atom. The second-order valence-corrected chi connectivity index (χ2v) is 5.76. The fraction of sp³-hybridized carbons (Fsp3) is 0.294. The fourth-order valence-electron chi connectivity index (χ4n) is 2.60. The van der Waals surface area contributed by atoms with Crippen molar-refractivity contribution in [3.05, 3.63) is 48.3 Å². The van der Waals surface area contributed by atoms with E-state index in [0.717, 1.165) is 5.56 Å². The Labute approximate surface area is 145 Å². The van der Waals surface area contributed by atoms with Crippen molar-refractivity contribution >= 4 is 11.9 Å². The molecule has 0 saturated carbocycles. The van der Waals surface area contributed by atoms with Gasteiger partial charge in [0, 0.05) is 44.1 Å². The summed E-state index contributed by atoms with van der Waals surface area (Å²) >= 11 is 0. The van der Waals surface area contributed by atoms with E-state index in [2.05, 4.69) is 15.4 Å². The van der Waals surface area contributed by atoms with Crippen molar-refractivity contribution in [1.29, 1.82) is 0 Å². The highest BCUT2D eigenvalue weighted by Crippen LogP contribution is 2.13. The molecule has 8 nitrogen and oxygen atoms in total. The molecule has 0 radical (unpaired) electrons. The maximum atomic E-state index is 12.3. The normalized spacial score (nSPS) is 15.7. The Hall–Kier alpha value is -2.84. The summed E-state index contributed by atoms with van der Waals surface area (Å²) in [4.78, 5) is 33.3. The van der Waals surface area contributed by atoms with E-state index in [1.54, 1.807) is 5.01 Å². The molecule has 1 aliphatic heterocycles. The van der Waals surface area contributed by atoms with Gasteiger partial charge in [-0.05, 0) is 0 Å². The Morgan fingerprint density at radius 3 is 2.28 bits per heavy atom. The van der Waals surface area contributed by atoms with Gasteiger partial charge in [-0.1, -0.05) is 30.3 Å². The number of rotatable bonds is 5. The molecule has 0 aliphatic carbocycles. The molecular formula is C17H19N5O3. The first-order valence-corrected chi connectivity index (χ1v) is 7.99. The highest BCUT2D eigenvalue weighted by atomic mass is 16.4. The Balaban J connectivity index is 1.54. The number of hydrazine groups is 1. The van der Waals surface area contributed by atoms with E-state index in [1.165, 1.54) is 12.4 Å². The van der Waals surface area contributed by atoms with E-state index in [9.17, 15) is 9.59 Å². The molecule has 1 amide bonds. The molecule has 1 fully saturated rings. The lowest BCUT2D eigenvalue weighted by Crippen LogP contribution is -2.54. The van der Waals surface area contributed by atoms with Crippen LogP contribution in [0.2, 0.25) is 0 Å². The quantitative estimate of drug-likeness (QED) is 0.816. The highest BCUT2D eigenvalue weighted by Gasteiger charge is 2.20. The number of carboxylic acids is 1. The van der Waals surface area contributed by atoms with E-state index >= 15 is 0 Å². The largest absolute Gasteiger partial charge is 0.480 e. The number of carbonyl (C=O) groups excluding carboxylic acids is 1. The smallest absolute Gasteiger partial charge is 0.317 e. The van der Waals surface area contributed by atoms with Crippen LogP contribution in [-0.2, 0) is 4.79 Å². The van der Waals surface area contributed by atoms with Crippen LogP contribution in [0.4, 0.5) is 0 Å². The molecule has 25 heavy (non-hydrogen) atoms. The molecule has 0 atom stereocenters. The molecule has 2 N–H and O–H groups in total. The summed E-state index contributed by atoms with van der Waals surface area (Å²) in [7, 11) is 0. The van der Waals surface area contributed by atoms with Crippen LogP contribution >= 0.6 is 0 Å². The first kappa shape index (κ1) is 17.0. The van der Waals surface area contributed by atoms with Gasteiger partial charge in [0.1, 0.15) is 0 Å². The third-order valence-electron chi connectivity index (χ3n) is 3.94. The molecule has 0 bridgehead atoms. The third kappa shape index (κ3) is 4.59. The summed E-state index contributed by atoms with van der Waals surface area (Å²) in [6.45, 7) is 2.35. The molecule has 130 valence electrons. The number of piperazine rings is 1. The van der Waals surface area contributed by atoms with Gasteiger partial charge in [0.05, 0.1) is 12.1 Å². The topological polar surface area (TPSA) is 98.7 Å². The minimum absolute atomic E-state index is 0.0244. The average Bonchev–Trinajstić information content (AvgIpc) is 2.64. The summed E-state index contributed by atoms with van der Waals surface area (Å²) in [5.74, 6) is -0.543. The fourth-order valence-corrected chi connectivity index (χ4v) is 2.60. The van der Waals surface area contributed by atoms with Crippen LogP contribution < -0.4 is 5.43 Å². The Bertz CT molecular complexity index is 728. The van der Waals surface area contributed by atoms with Crippen LogP contribution in [0.1, 0.15) is 10.4 Å². The van der Waals surface area contributed by atoms with Crippen molar-refractivity contribution in [2.24, 2.45) is 0 Å². The number of aromatic nitrogens is 2. The predicted molar refractivity (Wildman–Crippen MR) is 90.6 cm³/mol. The number of carboxylic acid groups (broad SMARTS) is 1. The lowest BCUT2D eigenvalue weighted by Gasteiger charge is -2.33. The molecule has 1 aliphatic rings. The Morgan fingerprint density at radius 2 is 1.68 bits per heavy atom. The molecule has 2 heterocycles. The molecule has 1 aromatic heterocycles. The number of hydrogen-bond acceptors (Lipinski definition) is 6. The summed E-state index contributed by atoms with van der Waals surface area (Å²) < 4.78 is 0. The zero-order valence-corrected chi connectivity index (χ0v) is 13.6. The van der Waals surface area contributed by atoms with Crippen LogP contribution in [0, 0.1) is 0 Å². The molecule has 0 unspecified atom stereocenters. The number of benzene rings is 1. The van der Waals surface area contributed by atoms with E-state index in [1.807, 2.05) is 35.2 Å². The van der Waals surface area contributed by atoms with Crippen molar-refractivity contribution < 1.29 is 14.7 Å². The van der Waals surface area contributed by atoms with Crippen molar-refractivity contribution in [3.63, 3.8) is 0 Å². The summed E-state index contributed by atoms with van der Waals surface area (Å²) in [6, 6.07) is 9.55. The first-order valence-electron chi connectivity index (χ1n) is 7.99. The molecule has 8 heteroatoms. The Kier molecular flexibility index (Phi) is 5.32. The number of amides is 1. The van der Waals surface area contributed by atoms with E-state index in [0.29, 0.717) is 37.6 Å². The summed E-state index contributed by atoms with van der Waals surface area (Å²) in [6.07, 6.45) is 3.01. The molecule has 0 spiro atoms. The van der Waals surface area contributed by atoms with Gasteiger partial charge in [-0.15, -0.1) is 0 Å². The predicted octanol–water partition coefficient (Wildman–Crippen LogP) is 0.491. The molecule has 1 saturated heterocycles. The van der Waals surface area contributed by atoms with Crippen molar-refractivity contribution in [2.45, 2.75) is 0 Å². The second-order valence-electron chi connectivity index (χ2n) is 5.76. The van der Waals surface area contributed by atoms with Gasteiger partial charge in [0.25, 0.3) is 5.91 Å². The zero-order chi connectivity index (χ0) is 17.6. The van der Waals surface area contributed by atoms with Gasteiger partial charge in [-0.3, -0.25) is 19.9 Å². The van der Waals surface area contributed by atoms with Gasteiger partial charge >= 0.3 is 5.97 Å². The standard InChI is InChI=1S/C17H19N5O3/c23-15(24)12-21-6-8-22(9-7-21)20-17(25)14-10-18-16(19-11-14)13-4-2-1-3-5-13/h1-5,10-11H,6-9,12H2,(H,20,25)(H,23,24). The lowest BCUT2D eigenvalue weighted by atomic mass is 10.2. The number of aliphatic carboxylic acids is 1. The van der Waals surface area contributed by atoms with Crippen molar-refractivity contribution in [2.75, 3.05) is 32.7 Å². The minimum atomic E-state index is -0.840. The molecule has 2 aromatic rings. The number of hydrogen-bond donors (Lipinski definition) is 2. The van der Waals surface area contributed by atoms with Crippen LogP contribution in [-0.4, -0.2) is 69.6 Å². The SMILES string of the molecule is O=C(O)CN1CCN(NC(=O)c2cnc(-c3ccccc3)nc2)CC1. The number of nitrogens with zero attached hydrogens (tertiary/aromatic N) is 4. The lowest BCUT2D eigenvalue weighted by molar-refractivity contribution is -0.138. The van der Waals surface area contributed by atoms with Gasteiger partial charge in [-0.2, -0.15) is 0 Å². The van der Waals surface area contributed by atoms with Crippen LogP contribution in [0.25, 0.3) is 11.4 Å².